The van der Waals surface area contributed by atoms with Crippen LogP contribution in [0, 0.1) is 19.7 Å². The van der Waals surface area contributed by atoms with Gasteiger partial charge in [0.2, 0.25) is 0 Å². The molecular formula is C21H16FN. The third-order valence-electron chi connectivity index (χ3n) is 4.22. The molecule has 0 aliphatic rings. The molecule has 2 heteroatoms. The molecule has 4 rings (SSSR count). The van der Waals surface area contributed by atoms with Crippen molar-refractivity contribution in [3.8, 4) is 11.3 Å². The summed E-state index contributed by atoms with van der Waals surface area (Å²) >= 11 is 0. The molecule has 1 nitrogen and oxygen atoms in total. The topological polar surface area (TPSA) is 12.9 Å². The predicted octanol–water partition coefficient (Wildman–Crippen LogP) is 5.81. The van der Waals surface area contributed by atoms with Gasteiger partial charge in [0.1, 0.15) is 5.82 Å². The molecule has 0 amide bonds. The zero-order valence-corrected chi connectivity index (χ0v) is 13.1. The van der Waals surface area contributed by atoms with Crippen LogP contribution in [0.5, 0.6) is 0 Å². The second-order valence-corrected chi connectivity index (χ2v) is 6.06. The van der Waals surface area contributed by atoms with Crippen LogP contribution in [0.4, 0.5) is 4.39 Å². The summed E-state index contributed by atoms with van der Waals surface area (Å²) in [4.78, 5) is 4.61. The Morgan fingerprint density at radius 1 is 0.739 bits per heavy atom. The molecule has 112 valence electrons. The molecule has 0 unspecified atom stereocenters. The van der Waals surface area contributed by atoms with Gasteiger partial charge in [0.05, 0.1) is 5.69 Å². The Labute approximate surface area is 134 Å². The summed E-state index contributed by atoms with van der Waals surface area (Å²) in [6, 6.07) is 17.4. The zero-order chi connectivity index (χ0) is 16.0. The van der Waals surface area contributed by atoms with Gasteiger partial charge < -0.3 is 0 Å². The van der Waals surface area contributed by atoms with Crippen LogP contribution in [-0.2, 0) is 0 Å². The van der Waals surface area contributed by atoms with Crippen LogP contribution in [0.15, 0.2) is 60.8 Å². The summed E-state index contributed by atoms with van der Waals surface area (Å²) < 4.78 is 13.5. The van der Waals surface area contributed by atoms with Gasteiger partial charge in [0.15, 0.2) is 0 Å². The van der Waals surface area contributed by atoms with Gasteiger partial charge in [-0.25, -0.2) is 4.39 Å². The van der Waals surface area contributed by atoms with E-state index in [1.807, 2.05) is 30.5 Å². The van der Waals surface area contributed by atoms with Crippen LogP contribution >= 0.6 is 0 Å². The lowest BCUT2D eigenvalue weighted by molar-refractivity contribution is 0.630. The highest BCUT2D eigenvalue weighted by Gasteiger charge is 2.09. The van der Waals surface area contributed by atoms with Gasteiger partial charge in [0, 0.05) is 17.1 Å². The van der Waals surface area contributed by atoms with Crippen molar-refractivity contribution in [2.24, 2.45) is 0 Å². The lowest BCUT2D eigenvalue weighted by Crippen LogP contribution is -1.89. The third kappa shape index (κ3) is 2.36. The van der Waals surface area contributed by atoms with Gasteiger partial charge in [-0.15, -0.1) is 0 Å². The minimum Gasteiger partial charge on any atom is -0.256 e. The first-order valence-electron chi connectivity index (χ1n) is 7.67. The van der Waals surface area contributed by atoms with E-state index in [-0.39, 0.29) is 5.82 Å². The number of benzene rings is 3. The summed E-state index contributed by atoms with van der Waals surface area (Å²) in [5, 5.41) is 4.16. The number of hydrogen-bond acceptors (Lipinski definition) is 1. The Morgan fingerprint density at radius 2 is 1.48 bits per heavy atom. The van der Waals surface area contributed by atoms with E-state index in [1.165, 1.54) is 17.2 Å². The maximum absolute atomic E-state index is 13.5. The monoisotopic (exact) mass is 301 g/mol. The molecule has 0 aliphatic heterocycles. The molecule has 3 aromatic carbocycles. The molecule has 0 aliphatic carbocycles. The van der Waals surface area contributed by atoms with Crippen molar-refractivity contribution in [1.29, 1.82) is 0 Å². The van der Waals surface area contributed by atoms with Crippen molar-refractivity contribution in [2.45, 2.75) is 13.8 Å². The highest BCUT2D eigenvalue weighted by Crippen LogP contribution is 2.32. The van der Waals surface area contributed by atoms with Crippen molar-refractivity contribution >= 4 is 21.5 Å². The van der Waals surface area contributed by atoms with E-state index < -0.39 is 0 Å². The van der Waals surface area contributed by atoms with E-state index in [2.05, 4.69) is 37.0 Å². The first-order valence-corrected chi connectivity index (χ1v) is 7.67. The summed E-state index contributed by atoms with van der Waals surface area (Å²) in [6.07, 6.45) is 1.83. The van der Waals surface area contributed by atoms with E-state index >= 15 is 0 Å². The number of hydrogen-bond donors (Lipinski definition) is 0. The van der Waals surface area contributed by atoms with Crippen LogP contribution in [-0.4, -0.2) is 4.98 Å². The maximum Gasteiger partial charge on any atom is 0.123 e. The van der Waals surface area contributed by atoms with E-state index in [9.17, 15) is 4.39 Å². The molecule has 0 fully saturated rings. The fourth-order valence-electron chi connectivity index (χ4n) is 3.31. The molecule has 1 aromatic heterocycles. The van der Waals surface area contributed by atoms with Crippen LogP contribution in [0.1, 0.15) is 11.1 Å². The molecule has 0 bridgehead atoms. The normalized spacial score (nSPS) is 11.3. The number of halogens is 1. The number of pyridine rings is 1. The number of fused-ring (bicyclic) bond motifs is 3. The zero-order valence-electron chi connectivity index (χ0n) is 13.1. The number of aryl methyl sites for hydroxylation is 2. The van der Waals surface area contributed by atoms with Crippen molar-refractivity contribution in [2.75, 3.05) is 0 Å². The molecular weight excluding hydrogens is 285 g/mol. The van der Waals surface area contributed by atoms with E-state index in [1.54, 1.807) is 6.07 Å². The van der Waals surface area contributed by atoms with Gasteiger partial charge >= 0.3 is 0 Å². The van der Waals surface area contributed by atoms with Crippen molar-refractivity contribution in [1.82, 2.24) is 4.98 Å². The molecule has 1 heterocycles. The Balaban J connectivity index is 2.07. The van der Waals surface area contributed by atoms with E-state index in [4.69, 9.17) is 0 Å². The van der Waals surface area contributed by atoms with Gasteiger partial charge in [0.25, 0.3) is 0 Å². The number of aromatic nitrogens is 1. The fraction of sp³-hybridized carbons (Fsp3) is 0.0952. The van der Waals surface area contributed by atoms with E-state index in [0.717, 1.165) is 32.8 Å². The standard InChI is InChI=1S/C21H16FN/c1-13-9-14(2)11-16(10-13)21-20-5-3-15-12-17(22)4-6-18(15)19(20)7-8-23-21/h3-12H,1-2H3. The lowest BCUT2D eigenvalue weighted by atomic mass is 9.97. The number of rotatable bonds is 1. The first-order chi connectivity index (χ1) is 11.1. The lowest BCUT2D eigenvalue weighted by Gasteiger charge is -2.10. The SMILES string of the molecule is Cc1cc(C)cc(-c2nccc3c2ccc2cc(F)ccc23)c1. The van der Waals surface area contributed by atoms with Crippen LogP contribution in [0.2, 0.25) is 0 Å². The fourth-order valence-corrected chi connectivity index (χ4v) is 3.31. The predicted molar refractivity (Wildman–Crippen MR) is 94.1 cm³/mol. The van der Waals surface area contributed by atoms with Crippen LogP contribution in [0.3, 0.4) is 0 Å². The molecule has 0 spiro atoms. The third-order valence-corrected chi connectivity index (χ3v) is 4.22. The Bertz CT molecular complexity index is 1030. The van der Waals surface area contributed by atoms with Crippen LogP contribution in [0.25, 0.3) is 32.8 Å². The highest BCUT2D eigenvalue weighted by atomic mass is 19.1. The Morgan fingerprint density at radius 3 is 2.26 bits per heavy atom. The second kappa shape index (κ2) is 5.17. The Hall–Kier alpha value is -2.74. The molecule has 23 heavy (non-hydrogen) atoms. The van der Waals surface area contributed by atoms with Crippen molar-refractivity contribution < 1.29 is 4.39 Å². The Kier molecular flexibility index (Phi) is 3.12. The molecule has 0 saturated carbocycles. The second-order valence-electron chi connectivity index (χ2n) is 6.06. The van der Waals surface area contributed by atoms with Crippen LogP contribution < -0.4 is 0 Å². The van der Waals surface area contributed by atoms with Gasteiger partial charge in [-0.1, -0.05) is 35.4 Å². The van der Waals surface area contributed by atoms with Crippen molar-refractivity contribution in [3.05, 3.63) is 77.7 Å². The van der Waals surface area contributed by atoms with Crippen molar-refractivity contribution in [3.63, 3.8) is 0 Å². The maximum atomic E-state index is 13.5. The van der Waals surface area contributed by atoms with Gasteiger partial charge in [-0.05, 0) is 60.3 Å². The molecule has 0 saturated heterocycles. The summed E-state index contributed by atoms with van der Waals surface area (Å²) in [7, 11) is 0. The highest BCUT2D eigenvalue weighted by molar-refractivity contribution is 6.11. The average molecular weight is 301 g/mol. The molecule has 0 N–H and O–H groups in total. The summed E-state index contributed by atoms with van der Waals surface area (Å²) in [5.41, 5.74) is 4.54. The quantitative estimate of drug-likeness (QED) is 0.404. The molecule has 0 radical (unpaired) electrons. The largest absolute Gasteiger partial charge is 0.256 e. The molecule has 0 atom stereocenters. The van der Waals surface area contributed by atoms with Gasteiger partial charge in [-0.3, -0.25) is 4.98 Å². The average Bonchev–Trinajstić information content (AvgIpc) is 2.52. The van der Waals surface area contributed by atoms with E-state index in [0.29, 0.717) is 0 Å². The first kappa shape index (κ1) is 13.9. The van der Waals surface area contributed by atoms with Gasteiger partial charge in [-0.2, -0.15) is 0 Å². The summed E-state index contributed by atoms with van der Waals surface area (Å²) in [5.74, 6) is -0.208. The minimum absolute atomic E-state index is 0.208. The number of nitrogens with zero attached hydrogens (tertiary/aromatic N) is 1. The minimum atomic E-state index is -0.208. The smallest absolute Gasteiger partial charge is 0.123 e. The molecule has 4 aromatic rings. The summed E-state index contributed by atoms with van der Waals surface area (Å²) in [6.45, 7) is 4.19.